The zero-order valence-electron chi connectivity index (χ0n) is 4.39. The predicted molar refractivity (Wildman–Crippen MR) is 27.1 cm³/mol. The quantitative estimate of drug-likeness (QED) is 0.233. The zero-order chi connectivity index (χ0) is 6.41. The van der Waals surface area contributed by atoms with E-state index in [4.69, 9.17) is 5.84 Å². The zero-order valence-corrected chi connectivity index (χ0v) is 4.39. The van der Waals surface area contributed by atoms with E-state index in [0.29, 0.717) is 0 Å². The Hall–Kier alpha value is -0.650. The Morgan fingerprint density at radius 2 is 2.38 bits per heavy atom. The van der Waals surface area contributed by atoms with Crippen molar-refractivity contribution in [3.63, 3.8) is 0 Å². The topological polar surface area (TPSA) is 90.4 Å². The maximum Gasteiger partial charge on any atom is 0.236 e. The van der Waals surface area contributed by atoms with Crippen LogP contribution in [0.1, 0.15) is 6.42 Å². The first-order valence-electron chi connectivity index (χ1n) is 2.12. The summed E-state index contributed by atoms with van der Waals surface area (Å²) in [6, 6.07) is 0. The van der Waals surface area contributed by atoms with Crippen molar-refractivity contribution in [3.05, 3.63) is 0 Å². The maximum atomic E-state index is 10.2. The highest BCUT2D eigenvalue weighted by Crippen LogP contribution is 1.74. The molecule has 0 saturated carbocycles. The Morgan fingerprint density at radius 1 is 1.75 bits per heavy atom. The maximum absolute atomic E-state index is 10.2. The van der Waals surface area contributed by atoms with Crippen molar-refractivity contribution in [2.24, 2.45) is 11.7 Å². The molecule has 0 aromatic carbocycles. The highest BCUT2D eigenvalue weighted by molar-refractivity contribution is 5.75. The van der Waals surface area contributed by atoms with Crippen LogP contribution in [0.4, 0.5) is 0 Å². The predicted octanol–water partition coefficient (Wildman–Crippen LogP) is -1.74. The lowest BCUT2D eigenvalue weighted by atomic mass is 10.4. The van der Waals surface area contributed by atoms with E-state index in [1.165, 1.54) is 0 Å². The van der Waals surface area contributed by atoms with E-state index in [0.717, 1.165) is 0 Å². The van der Waals surface area contributed by atoms with E-state index in [-0.39, 0.29) is 18.9 Å². The first-order chi connectivity index (χ1) is 3.81. The Labute approximate surface area is 46.9 Å². The van der Waals surface area contributed by atoms with Gasteiger partial charge in [0, 0.05) is 0 Å². The first-order valence-corrected chi connectivity index (χ1v) is 2.12. The summed E-state index contributed by atoms with van der Waals surface area (Å²) in [6.07, 6.45) is 0.201. The molecule has 0 aromatic rings. The van der Waals surface area contributed by atoms with Gasteiger partial charge in [0.2, 0.25) is 5.91 Å². The van der Waals surface area contributed by atoms with Gasteiger partial charge in [-0.05, 0) is 0 Å². The van der Waals surface area contributed by atoms with Gasteiger partial charge in [-0.25, -0.2) is 11.7 Å². The summed E-state index contributed by atoms with van der Waals surface area (Å²) in [5.74, 6) is 9.05. The van der Waals surface area contributed by atoms with Crippen LogP contribution < -0.4 is 17.2 Å². The Kier molecular flexibility index (Phi) is 4.14. The average molecular weight is 119 g/mol. The fourth-order valence-corrected chi connectivity index (χ4v) is 0.224. The minimum absolute atomic E-state index is 0.197. The monoisotopic (exact) mass is 119 g/mol. The summed E-state index contributed by atoms with van der Waals surface area (Å²) >= 11 is 0. The van der Waals surface area contributed by atoms with Crippen molar-refractivity contribution < 1.29 is 9.63 Å². The molecule has 48 valence electrons. The van der Waals surface area contributed by atoms with Crippen LogP contribution in [0.2, 0.25) is 0 Å². The van der Waals surface area contributed by atoms with Crippen LogP contribution in [-0.4, -0.2) is 12.5 Å². The Bertz CT molecular complexity index is 74.9. The molecular formula is C3H9N3O2. The molecule has 5 N–H and O–H groups in total. The highest BCUT2D eigenvalue weighted by Gasteiger charge is 1.94. The third-order valence-corrected chi connectivity index (χ3v) is 0.608. The van der Waals surface area contributed by atoms with Gasteiger partial charge in [-0.15, -0.1) is 0 Å². The second-order valence-electron chi connectivity index (χ2n) is 1.19. The van der Waals surface area contributed by atoms with Crippen LogP contribution in [0, 0.1) is 0 Å². The first kappa shape index (κ1) is 7.35. The van der Waals surface area contributed by atoms with Crippen molar-refractivity contribution in [1.82, 2.24) is 5.43 Å². The lowest BCUT2D eigenvalue weighted by Gasteiger charge is -1.94. The summed E-state index contributed by atoms with van der Waals surface area (Å²) in [6.45, 7) is 0.197. The molecule has 0 saturated heterocycles. The fraction of sp³-hybridized carbons (Fsp3) is 0.667. The molecule has 0 aliphatic carbocycles. The minimum atomic E-state index is -0.282. The van der Waals surface area contributed by atoms with Crippen molar-refractivity contribution in [2.45, 2.75) is 6.42 Å². The van der Waals surface area contributed by atoms with Gasteiger partial charge in [-0.2, -0.15) is 0 Å². The molecule has 5 nitrogen and oxygen atoms in total. The molecule has 0 radical (unpaired) electrons. The second-order valence-corrected chi connectivity index (χ2v) is 1.19. The average Bonchev–Trinajstić information content (AvgIpc) is 1.83. The second kappa shape index (κ2) is 4.51. The fourth-order valence-electron chi connectivity index (χ4n) is 0.224. The van der Waals surface area contributed by atoms with Gasteiger partial charge < -0.3 is 4.84 Å². The van der Waals surface area contributed by atoms with Crippen LogP contribution in [0.25, 0.3) is 0 Å². The number of hydrogen-bond donors (Lipinski definition) is 3. The van der Waals surface area contributed by atoms with Crippen LogP contribution in [0.5, 0.6) is 0 Å². The molecule has 0 aliphatic rings. The van der Waals surface area contributed by atoms with Crippen molar-refractivity contribution >= 4 is 5.91 Å². The third-order valence-electron chi connectivity index (χ3n) is 0.608. The van der Waals surface area contributed by atoms with Gasteiger partial charge in [0.25, 0.3) is 0 Å². The number of nitrogens with one attached hydrogen (secondary N) is 1. The van der Waals surface area contributed by atoms with Gasteiger partial charge in [-0.3, -0.25) is 10.2 Å². The van der Waals surface area contributed by atoms with Gasteiger partial charge in [0.15, 0.2) is 0 Å². The molecule has 0 atom stereocenters. The molecule has 8 heavy (non-hydrogen) atoms. The third kappa shape index (κ3) is 3.54. The molecule has 0 heterocycles. The number of nitrogens with two attached hydrogens (primary N) is 2. The van der Waals surface area contributed by atoms with Gasteiger partial charge in [0.05, 0.1) is 13.0 Å². The van der Waals surface area contributed by atoms with E-state index < -0.39 is 0 Å². The summed E-state index contributed by atoms with van der Waals surface area (Å²) in [5, 5.41) is 0. The molecule has 0 aliphatic heterocycles. The highest BCUT2D eigenvalue weighted by atomic mass is 16.6. The number of carbonyl (C=O) groups is 1. The Morgan fingerprint density at radius 3 is 2.75 bits per heavy atom. The van der Waals surface area contributed by atoms with Gasteiger partial charge in [-0.1, -0.05) is 0 Å². The van der Waals surface area contributed by atoms with E-state index in [1.807, 2.05) is 5.43 Å². The minimum Gasteiger partial charge on any atom is -0.304 e. The molecule has 0 aromatic heterocycles. The lowest BCUT2D eigenvalue weighted by molar-refractivity contribution is -0.122. The number of rotatable bonds is 3. The summed E-state index contributed by atoms with van der Waals surface area (Å²) < 4.78 is 0. The molecule has 0 spiro atoms. The number of hydrazine groups is 1. The largest absolute Gasteiger partial charge is 0.304 e. The summed E-state index contributed by atoms with van der Waals surface area (Å²) in [5.41, 5.74) is 1.93. The number of amides is 1. The standard InChI is InChI=1S/C3H9N3O2/c4-6-3(7)1-2-8-5/h1-2,4-5H2,(H,6,7). The van der Waals surface area contributed by atoms with Gasteiger partial charge >= 0.3 is 0 Å². The van der Waals surface area contributed by atoms with Crippen LogP contribution in [-0.2, 0) is 9.63 Å². The summed E-state index contributed by atoms with van der Waals surface area (Å²) in [4.78, 5) is 14.3. The molecule has 0 bridgehead atoms. The van der Waals surface area contributed by atoms with E-state index in [9.17, 15) is 4.79 Å². The van der Waals surface area contributed by atoms with Crippen molar-refractivity contribution in [3.8, 4) is 0 Å². The smallest absolute Gasteiger partial charge is 0.236 e. The van der Waals surface area contributed by atoms with Crippen LogP contribution in [0.15, 0.2) is 0 Å². The number of hydrogen-bond acceptors (Lipinski definition) is 4. The van der Waals surface area contributed by atoms with Crippen molar-refractivity contribution in [1.29, 1.82) is 0 Å². The van der Waals surface area contributed by atoms with Crippen LogP contribution >= 0.6 is 0 Å². The number of carbonyl (C=O) groups excluding carboxylic acids is 1. The molecule has 0 rings (SSSR count). The van der Waals surface area contributed by atoms with Gasteiger partial charge in [0.1, 0.15) is 0 Å². The molecule has 5 heteroatoms. The van der Waals surface area contributed by atoms with E-state index in [2.05, 4.69) is 10.7 Å². The molecule has 1 amide bonds. The normalized spacial score (nSPS) is 8.75. The Balaban J connectivity index is 2.99. The molecule has 0 fully saturated rings. The van der Waals surface area contributed by atoms with Crippen molar-refractivity contribution in [2.75, 3.05) is 6.61 Å². The molecular weight excluding hydrogens is 110 g/mol. The summed E-state index contributed by atoms with van der Waals surface area (Å²) in [7, 11) is 0. The van der Waals surface area contributed by atoms with E-state index >= 15 is 0 Å². The lowest BCUT2D eigenvalue weighted by Crippen LogP contribution is -2.30. The molecule has 0 unspecified atom stereocenters. The SMILES string of the molecule is NNC(=O)CCON. The van der Waals surface area contributed by atoms with Crippen LogP contribution in [0.3, 0.4) is 0 Å². The van der Waals surface area contributed by atoms with E-state index in [1.54, 1.807) is 0 Å².